The Morgan fingerprint density at radius 3 is 2.50 bits per heavy atom. The zero-order valence-electron chi connectivity index (χ0n) is 14.8. The van der Waals surface area contributed by atoms with E-state index >= 15 is 0 Å². The van der Waals surface area contributed by atoms with Crippen molar-refractivity contribution in [2.24, 2.45) is 0 Å². The van der Waals surface area contributed by atoms with Crippen LogP contribution in [0.1, 0.15) is 18.2 Å². The lowest BCUT2D eigenvalue weighted by atomic mass is 10.2. The number of aryl methyl sites for hydroxylation is 1. The first-order chi connectivity index (χ1) is 12.3. The molecule has 1 aliphatic heterocycles. The van der Waals surface area contributed by atoms with Gasteiger partial charge in [0.25, 0.3) is 0 Å². The van der Waals surface area contributed by atoms with E-state index in [1.807, 2.05) is 6.92 Å². The van der Waals surface area contributed by atoms with Crippen molar-refractivity contribution in [3.05, 3.63) is 46.5 Å². The second kappa shape index (κ2) is 7.64. The zero-order valence-corrected chi connectivity index (χ0v) is 16.4. The smallest absolute Gasteiger partial charge is 0.246 e. The maximum Gasteiger partial charge on any atom is 0.246 e. The number of hydrogen-bond acceptors (Lipinski definition) is 4. The molecule has 0 bridgehead atoms. The summed E-state index contributed by atoms with van der Waals surface area (Å²) in [7, 11) is -3.54. The Balaban J connectivity index is 1.65. The monoisotopic (exact) mass is 400 g/mol. The van der Waals surface area contributed by atoms with E-state index < -0.39 is 15.8 Å². The quantitative estimate of drug-likeness (QED) is 0.773. The molecule has 2 heterocycles. The first-order valence-corrected chi connectivity index (χ1v) is 10.3. The highest BCUT2D eigenvalue weighted by molar-refractivity contribution is 7.89. The van der Waals surface area contributed by atoms with Gasteiger partial charge in [0.1, 0.15) is 10.7 Å². The van der Waals surface area contributed by atoms with Gasteiger partial charge in [-0.05, 0) is 31.5 Å². The summed E-state index contributed by atoms with van der Waals surface area (Å²) in [6.45, 7) is 6.98. The van der Waals surface area contributed by atoms with Crippen molar-refractivity contribution in [3.63, 3.8) is 0 Å². The predicted molar refractivity (Wildman–Crippen MR) is 98.1 cm³/mol. The molecule has 0 spiro atoms. The van der Waals surface area contributed by atoms with Gasteiger partial charge in [-0.15, -0.1) is 0 Å². The summed E-state index contributed by atoms with van der Waals surface area (Å²) in [5.41, 5.74) is 1.57. The third kappa shape index (κ3) is 3.78. The van der Waals surface area contributed by atoms with E-state index in [1.54, 1.807) is 23.7 Å². The minimum atomic E-state index is -3.54. The molecule has 0 unspecified atom stereocenters. The summed E-state index contributed by atoms with van der Waals surface area (Å²) in [4.78, 5) is 2.41. The van der Waals surface area contributed by atoms with Gasteiger partial charge in [0.05, 0.1) is 16.9 Å². The van der Waals surface area contributed by atoms with Crippen LogP contribution in [0.15, 0.2) is 29.3 Å². The van der Waals surface area contributed by atoms with Crippen molar-refractivity contribution in [3.8, 4) is 0 Å². The molecule has 3 rings (SSSR count). The Hall–Kier alpha value is -1.48. The topological polar surface area (TPSA) is 58.4 Å². The Morgan fingerprint density at radius 1 is 1.23 bits per heavy atom. The minimum absolute atomic E-state index is 0.104. The normalized spacial score (nSPS) is 16.9. The van der Waals surface area contributed by atoms with Crippen LogP contribution in [0.3, 0.4) is 0 Å². The van der Waals surface area contributed by atoms with E-state index in [2.05, 4.69) is 10.00 Å². The molecule has 0 aliphatic carbocycles. The molecule has 1 aromatic heterocycles. The van der Waals surface area contributed by atoms with E-state index in [-0.39, 0.29) is 9.92 Å². The molecule has 0 amide bonds. The molecule has 0 saturated carbocycles. The highest BCUT2D eigenvalue weighted by Gasteiger charge is 2.31. The van der Waals surface area contributed by atoms with Crippen molar-refractivity contribution in [2.75, 3.05) is 26.2 Å². The number of halogens is 2. The molecular weight excluding hydrogens is 379 g/mol. The van der Waals surface area contributed by atoms with Gasteiger partial charge in [-0.3, -0.25) is 9.58 Å². The molecule has 1 aliphatic rings. The largest absolute Gasteiger partial charge is 0.296 e. The number of piperazine rings is 1. The average Bonchev–Trinajstić information content (AvgIpc) is 3.00. The van der Waals surface area contributed by atoms with Crippen LogP contribution in [0.2, 0.25) is 5.02 Å². The molecule has 2 aromatic rings. The van der Waals surface area contributed by atoms with Crippen LogP contribution >= 0.6 is 11.6 Å². The molecule has 26 heavy (non-hydrogen) atoms. The standard InChI is InChI=1S/C17H22ClFN4O2S/c1-3-23-13(2)17(11-20-23)26(24,25)22-8-6-21(7-9-22)12-14-4-5-16(19)15(18)10-14/h4-5,10-11H,3,6-9,12H2,1-2H3. The van der Waals surface area contributed by atoms with Gasteiger partial charge in [-0.2, -0.15) is 9.40 Å². The van der Waals surface area contributed by atoms with Crippen molar-refractivity contribution >= 4 is 21.6 Å². The van der Waals surface area contributed by atoms with E-state index in [0.717, 1.165) is 5.56 Å². The lowest BCUT2D eigenvalue weighted by molar-refractivity contribution is 0.181. The molecule has 142 valence electrons. The molecule has 0 N–H and O–H groups in total. The van der Waals surface area contributed by atoms with Crippen molar-refractivity contribution < 1.29 is 12.8 Å². The number of aromatic nitrogens is 2. The van der Waals surface area contributed by atoms with Crippen LogP contribution in [0, 0.1) is 12.7 Å². The molecule has 1 aromatic carbocycles. The predicted octanol–water partition coefficient (Wildman–Crippen LogP) is 2.51. The summed E-state index contributed by atoms with van der Waals surface area (Å²) in [5.74, 6) is -0.436. The number of sulfonamides is 1. The fourth-order valence-corrected chi connectivity index (χ4v) is 4.95. The van der Waals surface area contributed by atoms with E-state index in [0.29, 0.717) is 45.0 Å². The van der Waals surface area contributed by atoms with Crippen molar-refractivity contribution in [1.82, 2.24) is 19.0 Å². The van der Waals surface area contributed by atoms with Gasteiger partial charge < -0.3 is 0 Å². The SMILES string of the molecule is CCn1ncc(S(=O)(=O)N2CCN(Cc3ccc(F)c(Cl)c3)CC2)c1C. The molecule has 1 saturated heterocycles. The first kappa shape index (κ1) is 19.3. The number of hydrogen-bond donors (Lipinski definition) is 0. The third-order valence-electron chi connectivity index (χ3n) is 4.70. The second-order valence-corrected chi connectivity index (χ2v) is 8.65. The summed E-state index contributed by atoms with van der Waals surface area (Å²) in [6.07, 6.45) is 1.43. The highest BCUT2D eigenvalue weighted by atomic mass is 35.5. The van der Waals surface area contributed by atoms with Crippen molar-refractivity contribution in [1.29, 1.82) is 0 Å². The van der Waals surface area contributed by atoms with Gasteiger partial charge in [0, 0.05) is 39.3 Å². The molecular formula is C17H22ClFN4O2S. The Bertz CT molecular complexity index is 892. The highest BCUT2D eigenvalue weighted by Crippen LogP contribution is 2.22. The van der Waals surface area contributed by atoms with Crippen LogP contribution in [0.5, 0.6) is 0 Å². The first-order valence-electron chi connectivity index (χ1n) is 8.51. The van der Waals surface area contributed by atoms with E-state index in [1.165, 1.54) is 16.6 Å². The molecule has 0 atom stereocenters. The fraction of sp³-hybridized carbons (Fsp3) is 0.471. The molecule has 1 fully saturated rings. The minimum Gasteiger partial charge on any atom is -0.296 e. The lowest BCUT2D eigenvalue weighted by Gasteiger charge is -2.33. The van der Waals surface area contributed by atoms with Crippen molar-refractivity contribution in [2.45, 2.75) is 31.8 Å². The summed E-state index contributed by atoms with van der Waals surface area (Å²) >= 11 is 5.82. The second-order valence-electron chi connectivity index (χ2n) is 6.34. The fourth-order valence-electron chi connectivity index (χ4n) is 3.16. The van der Waals surface area contributed by atoms with E-state index in [9.17, 15) is 12.8 Å². The third-order valence-corrected chi connectivity index (χ3v) is 6.99. The van der Waals surface area contributed by atoms with Crippen LogP contribution in [-0.4, -0.2) is 53.6 Å². The summed E-state index contributed by atoms with van der Waals surface area (Å²) in [6, 6.07) is 4.67. The van der Waals surface area contributed by atoms with Gasteiger partial charge >= 0.3 is 0 Å². The Kier molecular flexibility index (Phi) is 5.67. The number of nitrogens with zero attached hydrogens (tertiary/aromatic N) is 4. The van der Waals surface area contributed by atoms with Gasteiger partial charge in [0.2, 0.25) is 10.0 Å². The maximum atomic E-state index is 13.3. The maximum absolute atomic E-state index is 13.3. The van der Waals surface area contributed by atoms with Gasteiger partial charge in [-0.25, -0.2) is 12.8 Å². The average molecular weight is 401 g/mol. The zero-order chi connectivity index (χ0) is 18.9. The van der Waals surface area contributed by atoms with Crippen LogP contribution in [0.4, 0.5) is 4.39 Å². The Labute approximate surface area is 158 Å². The Morgan fingerprint density at radius 2 is 1.92 bits per heavy atom. The van der Waals surface area contributed by atoms with Crippen LogP contribution < -0.4 is 0 Å². The molecule has 0 radical (unpaired) electrons. The van der Waals surface area contributed by atoms with Crippen LogP contribution in [0.25, 0.3) is 0 Å². The number of benzene rings is 1. The summed E-state index contributed by atoms with van der Waals surface area (Å²) in [5, 5.41) is 4.24. The number of rotatable bonds is 5. The molecule has 9 heteroatoms. The van der Waals surface area contributed by atoms with Gasteiger partial charge in [-0.1, -0.05) is 17.7 Å². The van der Waals surface area contributed by atoms with Crippen LogP contribution in [-0.2, 0) is 23.1 Å². The van der Waals surface area contributed by atoms with Gasteiger partial charge in [0.15, 0.2) is 0 Å². The lowest BCUT2D eigenvalue weighted by Crippen LogP contribution is -2.48. The van der Waals surface area contributed by atoms with E-state index in [4.69, 9.17) is 11.6 Å². The summed E-state index contributed by atoms with van der Waals surface area (Å²) < 4.78 is 42.2. The molecule has 6 nitrogen and oxygen atoms in total.